The van der Waals surface area contributed by atoms with Gasteiger partial charge in [0, 0.05) is 19.4 Å². The largest absolute Gasteiger partial charge is 0.349 e. The van der Waals surface area contributed by atoms with Crippen LogP contribution < -0.4 is 5.32 Å². The maximum absolute atomic E-state index is 12.3. The SMILES string of the molecule is CCc1ccc(C(C)CC(=O)NCc2nnc(C3CCC3)n2C)cc1. The second kappa shape index (κ2) is 7.81. The molecule has 1 atom stereocenters. The first-order chi connectivity index (χ1) is 12.1. The summed E-state index contributed by atoms with van der Waals surface area (Å²) in [4.78, 5) is 12.3. The van der Waals surface area contributed by atoms with Crippen molar-refractivity contribution in [3.63, 3.8) is 0 Å². The van der Waals surface area contributed by atoms with E-state index >= 15 is 0 Å². The van der Waals surface area contributed by atoms with E-state index in [0.717, 1.165) is 18.1 Å². The van der Waals surface area contributed by atoms with Crippen molar-refractivity contribution in [1.82, 2.24) is 20.1 Å². The van der Waals surface area contributed by atoms with E-state index in [9.17, 15) is 4.79 Å². The van der Waals surface area contributed by atoms with Crippen LogP contribution in [0, 0.1) is 0 Å². The van der Waals surface area contributed by atoms with Crippen molar-refractivity contribution < 1.29 is 4.79 Å². The summed E-state index contributed by atoms with van der Waals surface area (Å²) in [5, 5.41) is 11.5. The van der Waals surface area contributed by atoms with Crippen LogP contribution in [0.3, 0.4) is 0 Å². The van der Waals surface area contributed by atoms with Crippen molar-refractivity contribution in [3.8, 4) is 0 Å². The normalized spacial score (nSPS) is 15.6. The molecule has 1 heterocycles. The molecule has 0 radical (unpaired) electrons. The van der Waals surface area contributed by atoms with E-state index in [1.165, 1.54) is 30.4 Å². The highest BCUT2D eigenvalue weighted by molar-refractivity contribution is 5.76. The standard InChI is InChI=1S/C20H28N4O/c1-4-15-8-10-16(11-9-15)14(2)12-19(25)21-13-18-22-23-20(24(18)3)17-6-5-7-17/h8-11,14,17H,4-7,12-13H2,1-3H3,(H,21,25). The van der Waals surface area contributed by atoms with Gasteiger partial charge in [0.2, 0.25) is 5.91 Å². The molecule has 0 saturated heterocycles. The molecule has 1 aliphatic rings. The van der Waals surface area contributed by atoms with Gasteiger partial charge in [-0.15, -0.1) is 10.2 Å². The first kappa shape index (κ1) is 17.6. The Labute approximate surface area is 149 Å². The van der Waals surface area contributed by atoms with Gasteiger partial charge in [0.15, 0.2) is 5.82 Å². The van der Waals surface area contributed by atoms with Crippen LogP contribution in [0.15, 0.2) is 24.3 Å². The van der Waals surface area contributed by atoms with E-state index in [2.05, 4.69) is 53.6 Å². The lowest BCUT2D eigenvalue weighted by Gasteiger charge is -2.24. The van der Waals surface area contributed by atoms with Crippen LogP contribution in [0.1, 0.15) is 74.1 Å². The van der Waals surface area contributed by atoms with Gasteiger partial charge in [0.1, 0.15) is 5.82 Å². The lowest BCUT2D eigenvalue weighted by molar-refractivity contribution is -0.121. The fourth-order valence-corrected chi connectivity index (χ4v) is 3.28. The average Bonchev–Trinajstić information content (AvgIpc) is 2.92. The molecule has 1 unspecified atom stereocenters. The molecule has 1 aromatic carbocycles. The van der Waals surface area contributed by atoms with Gasteiger partial charge < -0.3 is 9.88 Å². The minimum atomic E-state index is 0.0558. The number of hydrogen-bond donors (Lipinski definition) is 1. The number of aryl methyl sites for hydroxylation is 1. The predicted octanol–water partition coefficient (Wildman–Crippen LogP) is 3.46. The van der Waals surface area contributed by atoms with E-state index in [4.69, 9.17) is 0 Å². The summed E-state index contributed by atoms with van der Waals surface area (Å²) in [6.07, 6.45) is 5.20. The Balaban J connectivity index is 1.51. The summed E-state index contributed by atoms with van der Waals surface area (Å²) in [7, 11) is 1.99. The number of aromatic nitrogens is 3. The van der Waals surface area contributed by atoms with Gasteiger partial charge in [-0.1, -0.05) is 44.5 Å². The van der Waals surface area contributed by atoms with Crippen molar-refractivity contribution in [2.45, 2.75) is 64.3 Å². The van der Waals surface area contributed by atoms with Crippen LogP contribution >= 0.6 is 0 Å². The zero-order valence-electron chi connectivity index (χ0n) is 15.5. The third-order valence-corrected chi connectivity index (χ3v) is 5.36. The molecule has 0 aliphatic heterocycles. The van der Waals surface area contributed by atoms with Gasteiger partial charge in [-0.05, 0) is 36.3 Å². The van der Waals surface area contributed by atoms with Gasteiger partial charge in [0.05, 0.1) is 6.54 Å². The number of hydrogen-bond acceptors (Lipinski definition) is 3. The average molecular weight is 340 g/mol. The third-order valence-electron chi connectivity index (χ3n) is 5.36. The second-order valence-corrected chi connectivity index (χ2v) is 7.14. The highest BCUT2D eigenvalue weighted by atomic mass is 16.1. The van der Waals surface area contributed by atoms with Crippen molar-refractivity contribution >= 4 is 5.91 Å². The van der Waals surface area contributed by atoms with Crippen molar-refractivity contribution in [1.29, 1.82) is 0 Å². The Morgan fingerprint density at radius 3 is 2.60 bits per heavy atom. The van der Waals surface area contributed by atoms with E-state index in [-0.39, 0.29) is 11.8 Å². The Hall–Kier alpha value is -2.17. The van der Waals surface area contributed by atoms with Crippen LogP contribution in [0.4, 0.5) is 0 Å². The van der Waals surface area contributed by atoms with Crippen LogP contribution in [0.25, 0.3) is 0 Å². The Bertz CT molecular complexity index is 716. The quantitative estimate of drug-likeness (QED) is 0.840. The summed E-state index contributed by atoms with van der Waals surface area (Å²) in [6.45, 7) is 4.68. The van der Waals surface area contributed by atoms with Crippen molar-refractivity contribution in [3.05, 3.63) is 47.0 Å². The molecule has 1 fully saturated rings. The van der Waals surface area contributed by atoms with Gasteiger partial charge in [0.25, 0.3) is 0 Å². The molecule has 1 aliphatic carbocycles. The van der Waals surface area contributed by atoms with Gasteiger partial charge in [-0.3, -0.25) is 4.79 Å². The second-order valence-electron chi connectivity index (χ2n) is 7.14. The topological polar surface area (TPSA) is 59.8 Å². The molecule has 25 heavy (non-hydrogen) atoms. The number of amides is 1. The molecular weight excluding hydrogens is 312 g/mol. The highest BCUT2D eigenvalue weighted by Crippen LogP contribution is 2.35. The molecular formula is C20H28N4O. The zero-order valence-corrected chi connectivity index (χ0v) is 15.5. The first-order valence-corrected chi connectivity index (χ1v) is 9.32. The van der Waals surface area contributed by atoms with Crippen molar-refractivity contribution in [2.24, 2.45) is 7.05 Å². The molecule has 1 N–H and O–H groups in total. The maximum Gasteiger partial charge on any atom is 0.220 e. The lowest BCUT2D eigenvalue weighted by Crippen LogP contribution is -2.26. The van der Waals surface area contributed by atoms with Crippen LogP contribution in [-0.4, -0.2) is 20.7 Å². The van der Waals surface area contributed by atoms with Crippen LogP contribution in [0.2, 0.25) is 0 Å². The molecule has 1 amide bonds. The highest BCUT2D eigenvalue weighted by Gasteiger charge is 2.25. The fraction of sp³-hybridized carbons (Fsp3) is 0.550. The van der Waals surface area contributed by atoms with E-state index in [1.807, 2.05) is 11.6 Å². The van der Waals surface area contributed by atoms with Gasteiger partial charge >= 0.3 is 0 Å². The summed E-state index contributed by atoms with van der Waals surface area (Å²) in [6, 6.07) is 8.55. The summed E-state index contributed by atoms with van der Waals surface area (Å²) < 4.78 is 2.04. The summed E-state index contributed by atoms with van der Waals surface area (Å²) in [5.41, 5.74) is 2.53. The molecule has 0 bridgehead atoms. The monoisotopic (exact) mass is 340 g/mol. The molecule has 3 rings (SSSR count). The summed E-state index contributed by atoms with van der Waals surface area (Å²) >= 11 is 0. The van der Waals surface area contributed by atoms with E-state index in [0.29, 0.717) is 18.9 Å². The molecule has 134 valence electrons. The molecule has 1 aromatic heterocycles. The lowest BCUT2D eigenvalue weighted by atomic mass is 9.85. The van der Waals surface area contributed by atoms with Crippen molar-refractivity contribution in [2.75, 3.05) is 0 Å². The number of nitrogens with one attached hydrogen (secondary N) is 1. The maximum atomic E-state index is 12.3. The Kier molecular flexibility index (Phi) is 5.51. The predicted molar refractivity (Wildman–Crippen MR) is 98.3 cm³/mol. The molecule has 0 spiro atoms. The number of nitrogens with zero attached hydrogens (tertiary/aromatic N) is 3. The van der Waals surface area contributed by atoms with E-state index in [1.54, 1.807) is 0 Å². The molecule has 2 aromatic rings. The minimum absolute atomic E-state index is 0.0558. The molecule has 5 heteroatoms. The van der Waals surface area contributed by atoms with Crippen LogP contribution in [0.5, 0.6) is 0 Å². The van der Waals surface area contributed by atoms with E-state index < -0.39 is 0 Å². The first-order valence-electron chi connectivity index (χ1n) is 9.32. The Morgan fingerprint density at radius 1 is 1.28 bits per heavy atom. The number of carbonyl (C=O) groups is 1. The molecule has 5 nitrogen and oxygen atoms in total. The smallest absolute Gasteiger partial charge is 0.220 e. The zero-order chi connectivity index (χ0) is 17.8. The molecule has 1 saturated carbocycles. The summed E-state index contributed by atoms with van der Waals surface area (Å²) in [5.74, 6) is 2.69. The Morgan fingerprint density at radius 2 is 2.00 bits per heavy atom. The van der Waals surface area contributed by atoms with Gasteiger partial charge in [-0.2, -0.15) is 0 Å². The third kappa shape index (κ3) is 4.09. The van der Waals surface area contributed by atoms with Crippen LogP contribution in [-0.2, 0) is 24.8 Å². The number of carbonyl (C=O) groups excluding carboxylic acids is 1. The fourth-order valence-electron chi connectivity index (χ4n) is 3.28. The minimum Gasteiger partial charge on any atom is -0.349 e. The number of rotatable bonds is 7. The number of benzene rings is 1. The van der Waals surface area contributed by atoms with Gasteiger partial charge in [-0.25, -0.2) is 0 Å².